The summed E-state index contributed by atoms with van der Waals surface area (Å²) in [5.74, 6) is -2.09. The van der Waals surface area contributed by atoms with E-state index in [0.29, 0.717) is 17.4 Å². The number of unbranched alkanes of at least 4 members (excludes halogenated alkanes) is 12. The first kappa shape index (κ1) is 64.7. The van der Waals surface area contributed by atoms with Gasteiger partial charge < -0.3 is 28.5 Å². The number of carboxylic acids is 1. The fourth-order valence-electron chi connectivity index (χ4n) is 6.59. The maximum absolute atomic E-state index is 12.8. The molecule has 0 amide bonds. The summed E-state index contributed by atoms with van der Waals surface area (Å²) in [6, 6.07) is 0. The van der Waals surface area contributed by atoms with Gasteiger partial charge in [-0.05, 0) is 109 Å². The van der Waals surface area contributed by atoms with Gasteiger partial charge in [-0.1, -0.05) is 180 Å². The van der Waals surface area contributed by atoms with Crippen LogP contribution < -0.4 is 0 Å². The second kappa shape index (κ2) is 50.1. The minimum Gasteiger partial charge on any atom is -0.477 e. The molecule has 0 saturated carbocycles. The number of nitrogens with zero attached hydrogens (tertiary/aromatic N) is 1. The van der Waals surface area contributed by atoms with Gasteiger partial charge in [-0.25, -0.2) is 4.79 Å². The largest absolute Gasteiger partial charge is 0.477 e. The Morgan fingerprint density at radius 3 is 1.26 bits per heavy atom. The van der Waals surface area contributed by atoms with Crippen molar-refractivity contribution in [1.29, 1.82) is 0 Å². The van der Waals surface area contributed by atoms with Gasteiger partial charge in [0.1, 0.15) is 13.2 Å². The van der Waals surface area contributed by atoms with Crippen molar-refractivity contribution in [3.8, 4) is 0 Å². The molecular weight excluding hydrogens is 863 g/mol. The molecule has 0 fully saturated rings. The number of rotatable bonds is 47. The summed E-state index contributed by atoms with van der Waals surface area (Å²) in [5.41, 5.74) is 0. The third-order valence-electron chi connectivity index (χ3n) is 10.7. The van der Waals surface area contributed by atoms with Crippen molar-refractivity contribution in [2.45, 2.75) is 193 Å². The van der Waals surface area contributed by atoms with Crippen LogP contribution >= 0.6 is 0 Å². The number of hydrogen-bond acceptors (Lipinski definition) is 7. The molecule has 0 aliphatic carbocycles. The number of carboxylic acid groups (broad SMARTS) is 1. The molecule has 0 saturated heterocycles. The number of quaternary nitrogens is 1. The van der Waals surface area contributed by atoms with Gasteiger partial charge in [-0.15, -0.1) is 0 Å². The number of aliphatic carboxylic acids is 1. The SMILES string of the molecule is CC/C=C\C/C=C\C/C=C\C/C=C\C/C=C\C/C=C\C/C=C\C/C=C\CCCCC(=O)OC(COC(=O)CCCCCCCCC/C=C\C/C=C\CCCCC)COC(OCC[N+](C)(C)C)C(=O)O. The van der Waals surface area contributed by atoms with Gasteiger partial charge in [0.05, 0.1) is 34.4 Å². The predicted molar refractivity (Wildman–Crippen MR) is 290 cm³/mol. The van der Waals surface area contributed by atoms with E-state index in [4.69, 9.17) is 18.9 Å². The van der Waals surface area contributed by atoms with Crippen LogP contribution in [0.3, 0.4) is 0 Å². The van der Waals surface area contributed by atoms with Gasteiger partial charge >= 0.3 is 17.9 Å². The van der Waals surface area contributed by atoms with Crippen molar-refractivity contribution in [2.24, 2.45) is 0 Å². The summed E-state index contributed by atoms with van der Waals surface area (Å²) in [5, 5.41) is 9.68. The molecule has 0 spiro atoms. The van der Waals surface area contributed by atoms with Crippen molar-refractivity contribution >= 4 is 17.9 Å². The first-order valence-corrected chi connectivity index (χ1v) is 26.7. The first-order valence-electron chi connectivity index (χ1n) is 26.7. The number of allylic oxidation sites excluding steroid dienone is 20. The molecule has 9 heteroatoms. The molecule has 0 bridgehead atoms. The number of ether oxygens (including phenoxy) is 4. The zero-order valence-corrected chi connectivity index (χ0v) is 44.2. The monoisotopic (exact) mass is 961 g/mol. The summed E-state index contributed by atoms with van der Waals surface area (Å²) in [4.78, 5) is 37.3. The Morgan fingerprint density at radius 2 is 0.826 bits per heavy atom. The smallest absolute Gasteiger partial charge is 0.361 e. The van der Waals surface area contributed by atoms with Crippen LogP contribution in [0.4, 0.5) is 0 Å². The topological polar surface area (TPSA) is 108 Å². The fraction of sp³-hybridized carbons (Fsp3) is 0.617. The molecule has 0 aliphatic rings. The molecule has 0 rings (SSSR count). The summed E-state index contributed by atoms with van der Waals surface area (Å²) >= 11 is 0. The third-order valence-corrected chi connectivity index (χ3v) is 10.7. The predicted octanol–water partition coefficient (Wildman–Crippen LogP) is 15.3. The average Bonchev–Trinajstić information content (AvgIpc) is 3.31. The molecule has 0 radical (unpaired) electrons. The number of carbonyl (C=O) groups is 3. The highest BCUT2D eigenvalue weighted by atomic mass is 16.7. The lowest BCUT2D eigenvalue weighted by Crippen LogP contribution is -2.40. The minimum atomic E-state index is -1.53. The van der Waals surface area contributed by atoms with Gasteiger partial charge in [0.2, 0.25) is 0 Å². The molecule has 9 nitrogen and oxygen atoms in total. The normalized spacial score (nSPS) is 13.8. The lowest BCUT2D eigenvalue weighted by atomic mass is 10.1. The van der Waals surface area contributed by atoms with Crippen LogP contribution in [0.1, 0.15) is 181 Å². The Hall–Kier alpha value is -4.31. The summed E-state index contributed by atoms with van der Waals surface area (Å²) in [6.45, 7) is 4.65. The third kappa shape index (κ3) is 51.4. The van der Waals surface area contributed by atoms with Crippen LogP contribution in [0.15, 0.2) is 122 Å². The Labute approximate surface area is 421 Å². The van der Waals surface area contributed by atoms with Crippen LogP contribution in [0.2, 0.25) is 0 Å². The molecule has 390 valence electrons. The average molecular weight is 961 g/mol. The van der Waals surface area contributed by atoms with Gasteiger partial charge in [-0.2, -0.15) is 0 Å². The van der Waals surface area contributed by atoms with E-state index in [2.05, 4.69) is 135 Å². The van der Waals surface area contributed by atoms with Crippen molar-refractivity contribution in [3.05, 3.63) is 122 Å². The quantitative estimate of drug-likeness (QED) is 0.0211. The van der Waals surface area contributed by atoms with E-state index < -0.39 is 24.3 Å². The van der Waals surface area contributed by atoms with Crippen LogP contribution in [0.25, 0.3) is 0 Å². The molecule has 2 unspecified atom stereocenters. The van der Waals surface area contributed by atoms with E-state index in [-0.39, 0.29) is 38.6 Å². The second-order valence-electron chi connectivity index (χ2n) is 18.4. The Balaban J connectivity index is 4.45. The summed E-state index contributed by atoms with van der Waals surface area (Å²) in [6.07, 6.45) is 66.9. The Bertz CT molecular complexity index is 1540. The number of hydrogen-bond donors (Lipinski definition) is 1. The molecular formula is C60H98NO8+. The fourth-order valence-corrected chi connectivity index (χ4v) is 6.59. The molecule has 0 aliphatic heterocycles. The number of esters is 2. The van der Waals surface area contributed by atoms with E-state index in [1.54, 1.807) is 0 Å². The van der Waals surface area contributed by atoms with Crippen LogP contribution in [0, 0.1) is 0 Å². The maximum atomic E-state index is 12.8. The molecule has 0 aromatic carbocycles. The lowest BCUT2D eigenvalue weighted by molar-refractivity contribution is -0.870. The molecule has 0 aromatic rings. The molecule has 0 heterocycles. The van der Waals surface area contributed by atoms with Crippen LogP contribution in [-0.2, 0) is 33.3 Å². The highest BCUT2D eigenvalue weighted by Gasteiger charge is 2.25. The molecule has 2 atom stereocenters. The van der Waals surface area contributed by atoms with E-state index in [1.807, 2.05) is 21.1 Å². The molecule has 69 heavy (non-hydrogen) atoms. The minimum absolute atomic E-state index is 0.170. The van der Waals surface area contributed by atoms with Crippen molar-refractivity contribution in [3.63, 3.8) is 0 Å². The zero-order valence-electron chi connectivity index (χ0n) is 44.2. The van der Waals surface area contributed by atoms with Crippen molar-refractivity contribution in [1.82, 2.24) is 0 Å². The molecule has 0 aromatic heterocycles. The van der Waals surface area contributed by atoms with Gasteiger partial charge in [0.25, 0.3) is 6.29 Å². The second-order valence-corrected chi connectivity index (χ2v) is 18.4. The van der Waals surface area contributed by atoms with E-state index >= 15 is 0 Å². The number of likely N-dealkylation sites (N-methyl/N-ethyl adjacent to an activating group) is 1. The van der Waals surface area contributed by atoms with Crippen LogP contribution in [0.5, 0.6) is 0 Å². The van der Waals surface area contributed by atoms with Crippen molar-refractivity contribution < 1.29 is 42.9 Å². The van der Waals surface area contributed by atoms with Gasteiger partial charge in [0.15, 0.2) is 6.10 Å². The van der Waals surface area contributed by atoms with Crippen LogP contribution in [-0.4, -0.2) is 87.4 Å². The summed E-state index contributed by atoms with van der Waals surface area (Å²) < 4.78 is 22.8. The Kier molecular flexibility index (Phi) is 47.0. The van der Waals surface area contributed by atoms with Gasteiger partial charge in [0, 0.05) is 12.8 Å². The standard InChI is InChI=1S/C60H97NO8/c1-6-8-10-12-14-16-18-20-22-24-25-26-27-28-29-30-31-32-33-35-37-39-41-43-45-47-49-51-58(63)69-56(55-68-60(59(64)65)66-53-52-61(3,4)5)54-67-57(62)50-48-46-44-42-40-38-36-34-23-21-19-17-15-13-11-9-7-2/h8,10,14-17,20-23,25-26,28-29,31-32,35,37,41,43,56,60H,6-7,9,11-13,18-19,24,27,30,33-34,36,38-40,42,44-55H2,1-5H3/p+1/b10-8-,16-14-,17-15-,22-20-,23-21-,26-25-,29-28-,32-31-,37-35-,43-41-. The summed E-state index contributed by atoms with van der Waals surface area (Å²) in [7, 11) is 5.93. The zero-order chi connectivity index (χ0) is 50.6. The van der Waals surface area contributed by atoms with Crippen molar-refractivity contribution in [2.75, 3.05) is 47.5 Å². The highest BCUT2D eigenvalue weighted by Crippen LogP contribution is 2.12. The molecule has 1 N–H and O–H groups in total. The maximum Gasteiger partial charge on any atom is 0.361 e. The first-order chi connectivity index (χ1) is 33.6. The van der Waals surface area contributed by atoms with E-state index in [1.165, 1.54) is 44.9 Å². The lowest BCUT2D eigenvalue weighted by Gasteiger charge is -2.25. The Morgan fingerprint density at radius 1 is 0.449 bits per heavy atom. The van der Waals surface area contributed by atoms with E-state index in [0.717, 1.165) is 103 Å². The number of carbonyl (C=O) groups excluding carboxylic acids is 2. The van der Waals surface area contributed by atoms with Gasteiger partial charge in [-0.3, -0.25) is 9.59 Å². The van der Waals surface area contributed by atoms with E-state index in [9.17, 15) is 19.5 Å². The highest BCUT2D eigenvalue weighted by molar-refractivity contribution is 5.71.